The van der Waals surface area contributed by atoms with Crippen LogP contribution in [0.2, 0.25) is 0 Å². The van der Waals surface area contributed by atoms with Crippen LogP contribution in [0, 0.1) is 0 Å². The SMILES string of the molecule is C=CCSc1nnc2n(C)c(=O)c3ccccc3n12. The fourth-order valence-electron chi connectivity index (χ4n) is 2.04. The maximum Gasteiger partial charge on any atom is 0.262 e. The van der Waals surface area contributed by atoms with E-state index in [9.17, 15) is 4.79 Å². The Morgan fingerprint density at radius 2 is 2.16 bits per heavy atom. The molecule has 0 saturated heterocycles. The second kappa shape index (κ2) is 4.55. The van der Waals surface area contributed by atoms with Gasteiger partial charge in [-0.25, -0.2) is 0 Å². The van der Waals surface area contributed by atoms with Crippen molar-refractivity contribution in [1.29, 1.82) is 0 Å². The maximum absolute atomic E-state index is 12.2. The van der Waals surface area contributed by atoms with E-state index in [1.807, 2.05) is 34.7 Å². The van der Waals surface area contributed by atoms with E-state index in [2.05, 4.69) is 16.8 Å². The summed E-state index contributed by atoms with van der Waals surface area (Å²) in [6, 6.07) is 7.49. The van der Waals surface area contributed by atoms with E-state index < -0.39 is 0 Å². The van der Waals surface area contributed by atoms with E-state index in [0.717, 1.165) is 16.4 Å². The molecule has 0 spiro atoms. The zero-order valence-electron chi connectivity index (χ0n) is 10.4. The summed E-state index contributed by atoms with van der Waals surface area (Å²) in [5.41, 5.74) is 0.771. The zero-order valence-corrected chi connectivity index (χ0v) is 11.2. The van der Waals surface area contributed by atoms with Crippen LogP contribution in [0.3, 0.4) is 0 Å². The molecule has 2 aromatic heterocycles. The van der Waals surface area contributed by atoms with Crippen molar-refractivity contribution in [3.63, 3.8) is 0 Å². The number of benzene rings is 1. The molecule has 0 fully saturated rings. The van der Waals surface area contributed by atoms with E-state index in [1.54, 1.807) is 18.8 Å². The first-order valence-corrected chi connectivity index (χ1v) is 6.79. The van der Waals surface area contributed by atoms with Gasteiger partial charge >= 0.3 is 0 Å². The molecule has 3 rings (SSSR count). The van der Waals surface area contributed by atoms with Crippen molar-refractivity contribution >= 4 is 28.4 Å². The highest BCUT2D eigenvalue weighted by molar-refractivity contribution is 7.99. The van der Waals surface area contributed by atoms with Gasteiger partial charge in [-0.1, -0.05) is 30.0 Å². The number of para-hydroxylation sites is 1. The van der Waals surface area contributed by atoms with Gasteiger partial charge in [-0.2, -0.15) is 0 Å². The Labute approximate surface area is 113 Å². The minimum absolute atomic E-state index is 0.0595. The minimum atomic E-state index is -0.0595. The average Bonchev–Trinajstić information content (AvgIpc) is 2.86. The smallest absolute Gasteiger partial charge is 0.262 e. The second-order valence-electron chi connectivity index (χ2n) is 4.10. The molecule has 2 heterocycles. The molecule has 0 aliphatic heterocycles. The molecule has 6 heteroatoms. The van der Waals surface area contributed by atoms with E-state index in [4.69, 9.17) is 0 Å². The molecule has 0 atom stereocenters. The van der Waals surface area contributed by atoms with Crippen LogP contribution in [-0.4, -0.2) is 24.9 Å². The monoisotopic (exact) mass is 272 g/mol. The van der Waals surface area contributed by atoms with Crippen molar-refractivity contribution in [3.05, 3.63) is 47.3 Å². The van der Waals surface area contributed by atoms with Crippen LogP contribution >= 0.6 is 11.8 Å². The van der Waals surface area contributed by atoms with Crippen molar-refractivity contribution < 1.29 is 0 Å². The highest BCUT2D eigenvalue weighted by Crippen LogP contribution is 2.20. The summed E-state index contributed by atoms with van der Waals surface area (Å²) in [5, 5.41) is 9.69. The third-order valence-corrected chi connectivity index (χ3v) is 3.85. The number of nitrogens with zero attached hydrogens (tertiary/aromatic N) is 4. The van der Waals surface area contributed by atoms with Crippen molar-refractivity contribution in [2.75, 3.05) is 5.75 Å². The fourth-order valence-corrected chi connectivity index (χ4v) is 2.71. The number of hydrogen-bond donors (Lipinski definition) is 0. The van der Waals surface area contributed by atoms with Crippen LogP contribution in [0.25, 0.3) is 16.7 Å². The van der Waals surface area contributed by atoms with Crippen LogP contribution in [-0.2, 0) is 7.05 Å². The first-order valence-electron chi connectivity index (χ1n) is 5.80. The van der Waals surface area contributed by atoms with Gasteiger partial charge in [0.25, 0.3) is 5.56 Å². The lowest BCUT2D eigenvalue weighted by Crippen LogP contribution is -2.20. The van der Waals surface area contributed by atoms with Crippen molar-refractivity contribution in [2.45, 2.75) is 5.16 Å². The molecule has 3 aromatic rings. The summed E-state index contributed by atoms with van der Waals surface area (Å²) in [6.45, 7) is 3.70. The van der Waals surface area contributed by atoms with E-state index in [1.165, 1.54) is 4.57 Å². The Kier molecular flexibility index (Phi) is 2.87. The summed E-state index contributed by atoms with van der Waals surface area (Å²) in [4.78, 5) is 12.2. The molecule has 1 aromatic carbocycles. The lowest BCUT2D eigenvalue weighted by Gasteiger charge is -2.06. The molecule has 0 aliphatic rings. The predicted octanol–water partition coefficient (Wildman–Crippen LogP) is 1.86. The van der Waals surface area contributed by atoms with Crippen molar-refractivity contribution in [3.8, 4) is 0 Å². The largest absolute Gasteiger partial charge is 0.279 e. The van der Waals surface area contributed by atoms with Crippen LogP contribution < -0.4 is 5.56 Å². The molecular formula is C13H12N4OS. The van der Waals surface area contributed by atoms with Gasteiger partial charge in [-0.3, -0.25) is 13.8 Å². The van der Waals surface area contributed by atoms with Gasteiger partial charge < -0.3 is 0 Å². The number of thioether (sulfide) groups is 1. The number of fused-ring (bicyclic) bond motifs is 3. The second-order valence-corrected chi connectivity index (χ2v) is 5.09. The topological polar surface area (TPSA) is 52.2 Å². The molecule has 0 unspecified atom stereocenters. The lowest BCUT2D eigenvalue weighted by atomic mass is 10.2. The van der Waals surface area contributed by atoms with Crippen LogP contribution in [0.4, 0.5) is 0 Å². The molecular weight excluding hydrogens is 260 g/mol. The third kappa shape index (κ3) is 1.76. The highest BCUT2D eigenvalue weighted by Gasteiger charge is 2.13. The lowest BCUT2D eigenvalue weighted by molar-refractivity contribution is 0.853. The van der Waals surface area contributed by atoms with E-state index >= 15 is 0 Å². The van der Waals surface area contributed by atoms with Crippen LogP contribution in [0.1, 0.15) is 0 Å². The molecule has 96 valence electrons. The molecule has 0 bridgehead atoms. The van der Waals surface area contributed by atoms with Crippen molar-refractivity contribution in [2.24, 2.45) is 7.05 Å². The summed E-state index contributed by atoms with van der Waals surface area (Å²) in [5.74, 6) is 1.30. The predicted molar refractivity (Wildman–Crippen MR) is 76.7 cm³/mol. The Morgan fingerprint density at radius 3 is 2.95 bits per heavy atom. The number of aromatic nitrogens is 4. The van der Waals surface area contributed by atoms with E-state index in [-0.39, 0.29) is 5.56 Å². The van der Waals surface area contributed by atoms with Gasteiger partial charge in [-0.15, -0.1) is 16.8 Å². The summed E-state index contributed by atoms with van der Waals surface area (Å²) in [6.07, 6.45) is 1.82. The Balaban J connectivity index is 2.45. The summed E-state index contributed by atoms with van der Waals surface area (Å²) in [7, 11) is 1.71. The average molecular weight is 272 g/mol. The van der Waals surface area contributed by atoms with Crippen LogP contribution in [0.5, 0.6) is 0 Å². The minimum Gasteiger partial charge on any atom is -0.279 e. The van der Waals surface area contributed by atoms with Crippen molar-refractivity contribution in [1.82, 2.24) is 19.2 Å². The van der Waals surface area contributed by atoms with Gasteiger partial charge in [0.05, 0.1) is 10.9 Å². The summed E-state index contributed by atoms with van der Waals surface area (Å²) < 4.78 is 3.43. The third-order valence-electron chi connectivity index (χ3n) is 2.93. The van der Waals surface area contributed by atoms with E-state index in [0.29, 0.717) is 11.2 Å². The Bertz CT molecular complexity index is 834. The highest BCUT2D eigenvalue weighted by atomic mass is 32.2. The number of rotatable bonds is 3. The number of hydrogen-bond acceptors (Lipinski definition) is 4. The van der Waals surface area contributed by atoms with Crippen LogP contribution in [0.15, 0.2) is 46.9 Å². The summed E-state index contributed by atoms with van der Waals surface area (Å²) >= 11 is 1.54. The van der Waals surface area contributed by atoms with Gasteiger partial charge in [0.15, 0.2) is 5.16 Å². The number of aryl methyl sites for hydroxylation is 1. The Hall–Kier alpha value is -2.08. The molecule has 5 nitrogen and oxygen atoms in total. The van der Waals surface area contributed by atoms with Gasteiger partial charge in [0.2, 0.25) is 5.78 Å². The molecule has 0 saturated carbocycles. The first kappa shape index (κ1) is 12.0. The molecule has 0 N–H and O–H groups in total. The Morgan fingerprint density at radius 1 is 1.37 bits per heavy atom. The molecule has 0 aliphatic carbocycles. The standard InChI is InChI=1S/C13H12N4OS/c1-3-8-19-13-15-14-12-16(2)11(18)9-6-4-5-7-10(9)17(12)13/h3-7H,1,8H2,2H3. The maximum atomic E-state index is 12.2. The quantitative estimate of drug-likeness (QED) is 0.539. The van der Waals surface area contributed by atoms with Gasteiger partial charge in [0, 0.05) is 12.8 Å². The first-order chi connectivity index (χ1) is 9.24. The normalized spacial score (nSPS) is 11.2. The molecule has 19 heavy (non-hydrogen) atoms. The molecule has 0 amide bonds. The van der Waals surface area contributed by atoms with Gasteiger partial charge in [0.1, 0.15) is 0 Å². The molecule has 0 radical (unpaired) electrons. The zero-order chi connectivity index (χ0) is 13.4. The van der Waals surface area contributed by atoms with Gasteiger partial charge in [-0.05, 0) is 12.1 Å². The fraction of sp³-hybridized carbons (Fsp3) is 0.154.